The lowest BCUT2D eigenvalue weighted by Crippen LogP contribution is -2.58. The molecule has 0 fully saturated rings. The summed E-state index contributed by atoms with van der Waals surface area (Å²) in [6.07, 6.45) is 1.55. The van der Waals surface area contributed by atoms with Gasteiger partial charge < -0.3 is 32.5 Å². The Bertz CT molecular complexity index is 538. The van der Waals surface area contributed by atoms with E-state index in [0.717, 1.165) is 0 Å². The molecule has 0 heterocycles. The maximum absolute atomic E-state index is 12.7. The van der Waals surface area contributed by atoms with Crippen LogP contribution in [0.5, 0.6) is 0 Å². The number of nitrogens with one attached hydrogen (secondary N) is 3. The van der Waals surface area contributed by atoms with Crippen LogP contribution in [0, 0.1) is 11.8 Å². The van der Waals surface area contributed by atoms with Crippen molar-refractivity contribution in [1.29, 1.82) is 0 Å². The number of unbranched alkanes of at least 4 members (excludes halogenated alkanes) is 1. The van der Waals surface area contributed by atoms with Gasteiger partial charge in [0.05, 0.1) is 6.04 Å². The lowest BCUT2D eigenvalue weighted by molar-refractivity contribution is -0.138. The first-order valence-corrected chi connectivity index (χ1v) is 9.57. The first-order valence-electron chi connectivity index (χ1n) is 9.57. The number of rotatable bonds is 13. The largest absolute Gasteiger partial charge is 0.480 e. The number of carboxylic acid groups (broad SMARTS) is 1. The summed E-state index contributed by atoms with van der Waals surface area (Å²) in [7, 11) is 0. The van der Waals surface area contributed by atoms with Crippen molar-refractivity contribution in [2.75, 3.05) is 13.1 Å². The molecule has 0 bridgehead atoms. The van der Waals surface area contributed by atoms with Gasteiger partial charge in [0.25, 0.3) is 0 Å². The van der Waals surface area contributed by atoms with Crippen molar-refractivity contribution in [3.63, 3.8) is 0 Å². The SMILES string of the molecule is CC(C)C(N)C(=O)NC(C(=O)NC(CCCCN)C(=O)NCC(=O)O)C(C)C. The number of carboxylic acids is 1. The highest BCUT2D eigenvalue weighted by molar-refractivity contribution is 5.93. The fourth-order valence-corrected chi connectivity index (χ4v) is 2.40. The monoisotopic (exact) mass is 401 g/mol. The minimum absolute atomic E-state index is 0.0957. The fourth-order valence-electron chi connectivity index (χ4n) is 2.40. The van der Waals surface area contributed by atoms with E-state index in [1.807, 2.05) is 0 Å². The standard InChI is InChI=1S/C18H35N5O5/c1-10(2)14(20)17(27)23-15(11(3)4)18(28)22-12(7-5-6-8-19)16(26)21-9-13(24)25/h10-12,14-15H,5-9,19-20H2,1-4H3,(H,21,26)(H,22,28)(H,23,27)(H,24,25). The van der Waals surface area contributed by atoms with Crippen molar-refractivity contribution in [2.45, 2.75) is 65.1 Å². The number of aliphatic carboxylic acids is 1. The van der Waals surface area contributed by atoms with Crippen molar-refractivity contribution < 1.29 is 24.3 Å². The summed E-state index contributed by atoms with van der Waals surface area (Å²) in [6.45, 7) is 7.02. The molecule has 0 spiro atoms. The predicted molar refractivity (Wildman–Crippen MR) is 105 cm³/mol. The second-order valence-corrected chi connectivity index (χ2v) is 7.46. The van der Waals surface area contributed by atoms with Gasteiger partial charge in [-0.15, -0.1) is 0 Å². The van der Waals surface area contributed by atoms with Crippen LogP contribution >= 0.6 is 0 Å². The normalized spacial score (nSPS) is 14.3. The lowest BCUT2D eigenvalue weighted by Gasteiger charge is -2.27. The summed E-state index contributed by atoms with van der Waals surface area (Å²) >= 11 is 0. The minimum atomic E-state index is -1.18. The molecule has 0 aliphatic heterocycles. The molecule has 0 saturated heterocycles. The van der Waals surface area contributed by atoms with Gasteiger partial charge in [0.15, 0.2) is 0 Å². The fraction of sp³-hybridized carbons (Fsp3) is 0.778. The summed E-state index contributed by atoms with van der Waals surface area (Å²) in [6, 6.07) is -2.55. The van der Waals surface area contributed by atoms with Crippen LogP contribution in [0.4, 0.5) is 0 Å². The van der Waals surface area contributed by atoms with Gasteiger partial charge in [-0.3, -0.25) is 19.2 Å². The average molecular weight is 402 g/mol. The molecule has 0 saturated carbocycles. The van der Waals surface area contributed by atoms with E-state index in [2.05, 4.69) is 16.0 Å². The molecule has 3 atom stereocenters. The molecular weight excluding hydrogens is 366 g/mol. The predicted octanol–water partition coefficient (Wildman–Crippen LogP) is -1.07. The molecule has 0 aromatic rings. The third-order valence-electron chi connectivity index (χ3n) is 4.26. The topological polar surface area (TPSA) is 177 Å². The third-order valence-corrected chi connectivity index (χ3v) is 4.26. The van der Waals surface area contributed by atoms with Crippen LogP contribution < -0.4 is 27.4 Å². The summed E-state index contributed by atoms with van der Waals surface area (Å²) in [5.41, 5.74) is 11.3. The third kappa shape index (κ3) is 9.65. The first kappa shape index (κ1) is 25.8. The molecule has 0 aromatic heterocycles. The summed E-state index contributed by atoms with van der Waals surface area (Å²) in [5, 5.41) is 16.2. The van der Waals surface area contributed by atoms with Crippen LogP contribution in [0.1, 0.15) is 47.0 Å². The minimum Gasteiger partial charge on any atom is -0.480 e. The maximum Gasteiger partial charge on any atom is 0.322 e. The van der Waals surface area contributed by atoms with E-state index in [9.17, 15) is 19.2 Å². The summed E-state index contributed by atoms with van der Waals surface area (Å²) < 4.78 is 0. The molecule has 0 aromatic carbocycles. The van der Waals surface area contributed by atoms with Gasteiger partial charge in [-0.25, -0.2) is 0 Å². The van der Waals surface area contributed by atoms with E-state index in [-0.39, 0.29) is 11.8 Å². The Labute approximate surface area is 166 Å². The van der Waals surface area contributed by atoms with E-state index in [1.165, 1.54) is 0 Å². The Morgan fingerprint density at radius 3 is 1.96 bits per heavy atom. The van der Waals surface area contributed by atoms with E-state index in [4.69, 9.17) is 16.6 Å². The smallest absolute Gasteiger partial charge is 0.322 e. The van der Waals surface area contributed by atoms with Crippen LogP contribution in [-0.2, 0) is 19.2 Å². The number of hydrogen-bond donors (Lipinski definition) is 6. The molecule has 3 amide bonds. The highest BCUT2D eigenvalue weighted by Crippen LogP contribution is 2.07. The van der Waals surface area contributed by atoms with E-state index < -0.39 is 48.4 Å². The summed E-state index contributed by atoms with van der Waals surface area (Å²) in [5.74, 6) is -3.09. The average Bonchev–Trinajstić information content (AvgIpc) is 2.61. The van der Waals surface area contributed by atoms with Crippen molar-refractivity contribution >= 4 is 23.7 Å². The zero-order valence-electron chi connectivity index (χ0n) is 17.2. The van der Waals surface area contributed by atoms with Gasteiger partial charge >= 0.3 is 5.97 Å². The second-order valence-electron chi connectivity index (χ2n) is 7.46. The van der Waals surface area contributed by atoms with Crippen molar-refractivity contribution in [1.82, 2.24) is 16.0 Å². The highest BCUT2D eigenvalue weighted by atomic mass is 16.4. The Balaban J connectivity index is 5.15. The van der Waals surface area contributed by atoms with Crippen molar-refractivity contribution in [3.8, 4) is 0 Å². The molecule has 0 radical (unpaired) electrons. The van der Waals surface area contributed by atoms with Gasteiger partial charge in [-0.2, -0.15) is 0 Å². The molecule has 8 N–H and O–H groups in total. The number of hydrogen-bond acceptors (Lipinski definition) is 6. The molecule has 0 aliphatic carbocycles. The van der Waals surface area contributed by atoms with E-state index >= 15 is 0 Å². The van der Waals surface area contributed by atoms with Gasteiger partial charge in [0.1, 0.15) is 18.6 Å². The van der Waals surface area contributed by atoms with Gasteiger partial charge in [-0.1, -0.05) is 27.7 Å². The van der Waals surface area contributed by atoms with Crippen molar-refractivity contribution in [2.24, 2.45) is 23.3 Å². The Hall–Kier alpha value is -2.20. The van der Waals surface area contributed by atoms with Crippen molar-refractivity contribution in [3.05, 3.63) is 0 Å². The number of carbonyl (C=O) groups is 4. The number of amides is 3. The molecule has 0 aliphatic rings. The molecule has 0 rings (SSSR count). The van der Waals surface area contributed by atoms with Gasteiger partial charge in [-0.05, 0) is 37.6 Å². The number of nitrogens with two attached hydrogens (primary N) is 2. The van der Waals surface area contributed by atoms with E-state index in [0.29, 0.717) is 25.8 Å². The number of carbonyl (C=O) groups excluding carboxylic acids is 3. The quantitative estimate of drug-likeness (QED) is 0.213. The molecule has 3 unspecified atom stereocenters. The van der Waals surface area contributed by atoms with E-state index in [1.54, 1.807) is 27.7 Å². The van der Waals surface area contributed by atoms with Crippen LogP contribution in [-0.4, -0.2) is 60.0 Å². The van der Waals surface area contributed by atoms with Crippen LogP contribution in [0.15, 0.2) is 0 Å². The lowest BCUT2D eigenvalue weighted by atomic mass is 9.99. The maximum atomic E-state index is 12.7. The summed E-state index contributed by atoms with van der Waals surface area (Å²) in [4.78, 5) is 47.9. The van der Waals surface area contributed by atoms with Crippen LogP contribution in [0.2, 0.25) is 0 Å². The molecular formula is C18H35N5O5. The Morgan fingerprint density at radius 1 is 0.893 bits per heavy atom. The first-order chi connectivity index (χ1) is 13.0. The zero-order chi connectivity index (χ0) is 21.9. The molecule has 10 heteroatoms. The van der Waals surface area contributed by atoms with Gasteiger partial charge in [0, 0.05) is 0 Å². The Morgan fingerprint density at radius 2 is 1.50 bits per heavy atom. The van der Waals surface area contributed by atoms with Gasteiger partial charge in [0.2, 0.25) is 17.7 Å². The van der Waals surface area contributed by atoms with Crippen LogP contribution in [0.25, 0.3) is 0 Å². The Kier molecular flexibility index (Phi) is 12.0. The van der Waals surface area contributed by atoms with Crippen LogP contribution in [0.3, 0.4) is 0 Å². The molecule has 162 valence electrons. The molecule has 10 nitrogen and oxygen atoms in total. The molecule has 28 heavy (non-hydrogen) atoms. The highest BCUT2D eigenvalue weighted by Gasteiger charge is 2.30. The second kappa shape index (κ2) is 13.1. The zero-order valence-corrected chi connectivity index (χ0v) is 17.2.